The number of anilines is 1. The highest BCUT2D eigenvalue weighted by molar-refractivity contribution is 8.27. The molecule has 1 saturated heterocycles. The van der Waals surface area contributed by atoms with Gasteiger partial charge < -0.3 is 0 Å². The second-order valence-electron chi connectivity index (χ2n) is 5.09. The van der Waals surface area contributed by atoms with Gasteiger partial charge in [0.15, 0.2) is 4.32 Å². The van der Waals surface area contributed by atoms with Crippen LogP contribution in [-0.4, -0.2) is 10.2 Å². The molecule has 0 saturated carbocycles. The monoisotopic (exact) mass is 359 g/mol. The lowest BCUT2D eigenvalue weighted by atomic mass is 10.1. The van der Waals surface area contributed by atoms with Crippen LogP contribution in [-0.2, 0) is 11.2 Å². The first-order valence-corrected chi connectivity index (χ1v) is 8.81. The maximum absolute atomic E-state index is 12.7. The quantitative estimate of drug-likeness (QED) is 0.547. The third-order valence-corrected chi connectivity index (χ3v) is 5.08. The number of aryl methyl sites for hydroxylation is 1. The molecule has 1 aliphatic heterocycles. The molecule has 5 heteroatoms. The average molecular weight is 360 g/mol. The van der Waals surface area contributed by atoms with Gasteiger partial charge in [0.25, 0.3) is 5.91 Å². The Morgan fingerprint density at radius 2 is 1.96 bits per heavy atom. The number of thiocarbonyl (C=S) groups is 1. The second kappa shape index (κ2) is 6.87. The second-order valence-corrected chi connectivity index (χ2v) is 7.20. The lowest BCUT2D eigenvalue weighted by molar-refractivity contribution is -0.113. The third kappa shape index (κ3) is 3.50. The molecule has 0 atom stereocenters. The summed E-state index contributed by atoms with van der Waals surface area (Å²) < 4.78 is 0.522. The fourth-order valence-corrected chi connectivity index (χ4v) is 3.79. The van der Waals surface area contributed by atoms with Gasteiger partial charge in [0, 0.05) is 5.02 Å². The first-order chi connectivity index (χ1) is 11.1. The molecule has 0 aromatic heterocycles. The molecule has 3 rings (SSSR count). The molecule has 1 fully saturated rings. The number of carbonyl (C=O) groups is 1. The van der Waals surface area contributed by atoms with Crippen molar-refractivity contribution in [1.29, 1.82) is 0 Å². The maximum Gasteiger partial charge on any atom is 0.270 e. The minimum absolute atomic E-state index is 0.109. The van der Waals surface area contributed by atoms with Crippen LogP contribution in [0.1, 0.15) is 18.1 Å². The van der Waals surface area contributed by atoms with Gasteiger partial charge in [0.1, 0.15) is 0 Å². The Bertz CT molecular complexity index is 799. The number of halogens is 1. The van der Waals surface area contributed by atoms with Crippen molar-refractivity contribution >= 4 is 57.6 Å². The summed E-state index contributed by atoms with van der Waals surface area (Å²) in [6, 6.07) is 15.3. The lowest BCUT2D eigenvalue weighted by Gasteiger charge is -2.14. The van der Waals surface area contributed by atoms with E-state index in [1.54, 1.807) is 12.1 Å². The molecule has 2 aromatic carbocycles. The van der Waals surface area contributed by atoms with Gasteiger partial charge in [-0.05, 0) is 41.8 Å². The number of benzene rings is 2. The number of nitrogens with zero attached hydrogens (tertiary/aromatic N) is 1. The van der Waals surface area contributed by atoms with Gasteiger partial charge in [-0.15, -0.1) is 0 Å². The molecule has 0 N–H and O–H groups in total. The van der Waals surface area contributed by atoms with Gasteiger partial charge in [0.2, 0.25) is 0 Å². The minimum atomic E-state index is -0.109. The molecule has 23 heavy (non-hydrogen) atoms. The van der Waals surface area contributed by atoms with Crippen LogP contribution in [0.5, 0.6) is 0 Å². The van der Waals surface area contributed by atoms with E-state index in [0.717, 1.165) is 12.0 Å². The van der Waals surface area contributed by atoms with Crippen molar-refractivity contribution in [3.05, 3.63) is 69.6 Å². The zero-order valence-corrected chi connectivity index (χ0v) is 14.8. The topological polar surface area (TPSA) is 20.3 Å². The van der Waals surface area contributed by atoms with E-state index >= 15 is 0 Å². The lowest BCUT2D eigenvalue weighted by Crippen LogP contribution is -2.27. The van der Waals surface area contributed by atoms with Crippen LogP contribution in [0.15, 0.2) is 53.4 Å². The summed E-state index contributed by atoms with van der Waals surface area (Å²) in [5, 5.41) is 0.579. The van der Waals surface area contributed by atoms with E-state index in [9.17, 15) is 4.79 Å². The molecule has 0 unspecified atom stereocenters. The van der Waals surface area contributed by atoms with Crippen LogP contribution in [0, 0.1) is 0 Å². The summed E-state index contributed by atoms with van der Waals surface area (Å²) in [6.45, 7) is 2.12. The minimum Gasteiger partial charge on any atom is -0.268 e. The Balaban J connectivity index is 1.89. The standard InChI is InChI=1S/C18H14ClNOS2/c1-2-12-6-8-13(9-7-12)10-16-17(21)20(18(22)23-16)15-5-3-4-14(19)11-15/h3-11H,2H2,1H3/b16-10-. The van der Waals surface area contributed by atoms with Crippen molar-refractivity contribution in [1.82, 2.24) is 0 Å². The molecule has 1 heterocycles. The van der Waals surface area contributed by atoms with E-state index in [1.165, 1.54) is 22.2 Å². The molecule has 2 nitrogen and oxygen atoms in total. The Labute approximate surface area is 150 Å². The highest BCUT2D eigenvalue weighted by Crippen LogP contribution is 2.36. The predicted molar refractivity (Wildman–Crippen MR) is 103 cm³/mol. The smallest absolute Gasteiger partial charge is 0.268 e. The molecule has 0 spiro atoms. The molecule has 0 radical (unpaired) electrons. The van der Waals surface area contributed by atoms with E-state index < -0.39 is 0 Å². The summed E-state index contributed by atoms with van der Waals surface area (Å²) in [5.74, 6) is -0.109. The Hall–Kier alpha value is -1.62. The summed E-state index contributed by atoms with van der Waals surface area (Å²) in [7, 11) is 0. The van der Waals surface area contributed by atoms with Gasteiger partial charge in [-0.25, -0.2) is 0 Å². The van der Waals surface area contributed by atoms with Crippen LogP contribution < -0.4 is 4.90 Å². The number of hydrogen-bond donors (Lipinski definition) is 0. The first kappa shape index (κ1) is 16.2. The van der Waals surface area contributed by atoms with Gasteiger partial charge in [-0.2, -0.15) is 0 Å². The molecule has 1 amide bonds. The van der Waals surface area contributed by atoms with Crippen molar-refractivity contribution in [3.63, 3.8) is 0 Å². The van der Waals surface area contributed by atoms with E-state index in [-0.39, 0.29) is 5.91 Å². The third-order valence-electron chi connectivity index (χ3n) is 3.55. The number of hydrogen-bond acceptors (Lipinski definition) is 3. The highest BCUT2D eigenvalue weighted by atomic mass is 35.5. The van der Waals surface area contributed by atoms with Crippen LogP contribution in [0.25, 0.3) is 6.08 Å². The molecule has 0 aliphatic carbocycles. The average Bonchev–Trinajstić information content (AvgIpc) is 2.82. The van der Waals surface area contributed by atoms with Gasteiger partial charge >= 0.3 is 0 Å². The van der Waals surface area contributed by atoms with Crippen LogP contribution >= 0.6 is 35.6 Å². The van der Waals surface area contributed by atoms with E-state index in [2.05, 4.69) is 19.1 Å². The van der Waals surface area contributed by atoms with Crippen molar-refractivity contribution in [2.75, 3.05) is 4.90 Å². The number of thioether (sulfide) groups is 1. The summed E-state index contributed by atoms with van der Waals surface area (Å²) in [5.41, 5.74) is 2.96. The number of carbonyl (C=O) groups excluding carboxylic acids is 1. The fraction of sp³-hybridized carbons (Fsp3) is 0.111. The summed E-state index contributed by atoms with van der Waals surface area (Å²) in [6.07, 6.45) is 2.88. The van der Waals surface area contributed by atoms with Gasteiger partial charge in [0.05, 0.1) is 10.6 Å². The molecule has 116 valence electrons. The first-order valence-electron chi connectivity index (χ1n) is 7.21. The Morgan fingerprint density at radius 3 is 2.61 bits per heavy atom. The van der Waals surface area contributed by atoms with Crippen molar-refractivity contribution in [2.45, 2.75) is 13.3 Å². The van der Waals surface area contributed by atoms with E-state index in [4.69, 9.17) is 23.8 Å². The fourth-order valence-electron chi connectivity index (χ4n) is 2.31. The summed E-state index contributed by atoms with van der Waals surface area (Å²) in [4.78, 5) is 14.8. The predicted octanol–water partition coefficient (Wildman–Crippen LogP) is 5.31. The van der Waals surface area contributed by atoms with Crippen LogP contribution in [0.2, 0.25) is 5.02 Å². The van der Waals surface area contributed by atoms with E-state index in [1.807, 2.05) is 30.3 Å². The normalized spacial score (nSPS) is 16.4. The zero-order valence-electron chi connectivity index (χ0n) is 12.5. The molecular formula is C18H14ClNOS2. The van der Waals surface area contributed by atoms with Crippen LogP contribution in [0.3, 0.4) is 0 Å². The SMILES string of the molecule is CCc1ccc(/C=C2\SC(=S)N(c3cccc(Cl)c3)C2=O)cc1. The molecular weight excluding hydrogens is 346 g/mol. The molecule has 2 aromatic rings. The van der Waals surface area contributed by atoms with Crippen LogP contribution in [0.4, 0.5) is 5.69 Å². The van der Waals surface area contributed by atoms with Crippen molar-refractivity contribution < 1.29 is 4.79 Å². The Kier molecular flexibility index (Phi) is 4.85. The Morgan fingerprint density at radius 1 is 1.22 bits per heavy atom. The summed E-state index contributed by atoms with van der Waals surface area (Å²) >= 11 is 12.7. The van der Waals surface area contributed by atoms with Gasteiger partial charge in [-0.3, -0.25) is 9.69 Å². The zero-order chi connectivity index (χ0) is 16.4. The maximum atomic E-state index is 12.7. The number of amides is 1. The van der Waals surface area contributed by atoms with Crippen molar-refractivity contribution in [2.24, 2.45) is 0 Å². The van der Waals surface area contributed by atoms with E-state index in [0.29, 0.717) is 19.9 Å². The van der Waals surface area contributed by atoms with Crippen molar-refractivity contribution in [3.8, 4) is 0 Å². The molecule has 0 bridgehead atoms. The highest BCUT2D eigenvalue weighted by Gasteiger charge is 2.33. The largest absolute Gasteiger partial charge is 0.270 e. The van der Waals surface area contributed by atoms with Gasteiger partial charge in [-0.1, -0.05) is 72.8 Å². The number of rotatable bonds is 3. The molecule has 1 aliphatic rings.